The molecule has 0 radical (unpaired) electrons. The van der Waals surface area contributed by atoms with Gasteiger partial charge < -0.3 is 24.6 Å². The molecule has 0 saturated heterocycles. The van der Waals surface area contributed by atoms with Crippen molar-refractivity contribution in [1.29, 1.82) is 5.26 Å². The SMILES string of the molecule is COC(OC)C1(C)Oc2ccc([N+](=O)[O-])cc2C(NC(=Nc2ccc([N+](=O)[O-])cc2)NC#N)C1O. The molecular formula is C21H22N6O8. The minimum Gasteiger partial charge on any atom is -0.479 e. The number of hydrogen-bond donors (Lipinski definition) is 3. The van der Waals surface area contributed by atoms with Crippen molar-refractivity contribution in [2.75, 3.05) is 14.2 Å². The first-order valence-corrected chi connectivity index (χ1v) is 10.1. The molecule has 184 valence electrons. The van der Waals surface area contributed by atoms with E-state index in [1.165, 1.54) is 56.7 Å². The number of benzene rings is 2. The molecule has 3 unspecified atom stereocenters. The van der Waals surface area contributed by atoms with Gasteiger partial charge in [0, 0.05) is 44.0 Å². The molecule has 3 rings (SSSR count). The summed E-state index contributed by atoms with van der Waals surface area (Å²) >= 11 is 0. The third kappa shape index (κ3) is 5.11. The lowest BCUT2D eigenvalue weighted by atomic mass is 9.84. The van der Waals surface area contributed by atoms with Gasteiger partial charge in [-0.2, -0.15) is 5.26 Å². The number of nitro benzene ring substituents is 2. The predicted octanol–water partition coefficient (Wildman–Crippen LogP) is 2.02. The van der Waals surface area contributed by atoms with Gasteiger partial charge in [0.1, 0.15) is 11.9 Å². The molecule has 0 aliphatic carbocycles. The quantitative estimate of drug-likeness (QED) is 0.0985. The average Bonchev–Trinajstić information content (AvgIpc) is 2.82. The van der Waals surface area contributed by atoms with Gasteiger partial charge in [0.15, 0.2) is 18.1 Å². The maximum atomic E-state index is 11.4. The second-order valence-electron chi connectivity index (χ2n) is 7.61. The summed E-state index contributed by atoms with van der Waals surface area (Å²) in [6.45, 7) is 1.54. The van der Waals surface area contributed by atoms with E-state index in [1.54, 1.807) is 13.1 Å². The number of rotatable bonds is 7. The Balaban J connectivity index is 2.07. The lowest BCUT2D eigenvalue weighted by Crippen LogP contribution is -2.62. The molecular weight excluding hydrogens is 464 g/mol. The largest absolute Gasteiger partial charge is 0.479 e. The van der Waals surface area contributed by atoms with E-state index in [9.17, 15) is 30.6 Å². The second-order valence-corrected chi connectivity index (χ2v) is 7.61. The zero-order chi connectivity index (χ0) is 25.8. The van der Waals surface area contributed by atoms with Crippen molar-refractivity contribution in [2.24, 2.45) is 4.99 Å². The molecule has 14 heteroatoms. The fourth-order valence-electron chi connectivity index (χ4n) is 3.77. The van der Waals surface area contributed by atoms with Crippen LogP contribution in [-0.4, -0.2) is 53.1 Å². The first-order chi connectivity index (χ1) is 16.6. The van der Waals surface area contributed by atoms with Gasteiger partial charge in [-0.1, -0.05) is 0 Å². The van der Waals surface area contributed by atoms with E-state index >= 15 is 0 Å². The molecule has 0 bridgehead atoms. The molecule has 14 nitrogen and oxygen atoms in total. The highest BCUT2D eigenvalue weighted by atomic mass is 16.7. The maximum Gasteiger partial charge on any atom is 0.270 e. The molecule has 2 aromatic carbocycles. The summed E-state index contributed by atoms with van der Waals surface area (Å²) in [6.07, 6.45) is -0.731. The van der Waals surface area contributed by atoms with Gasteiger partial charge in [-0.15, -0.1) is 0 Å². The van der Waals surface area contributed by atoms with Crippen LogP contribution in [0.3, 0.4) is 0 Å². The van der Waals surface area contributed by atoms with Crippen molar-refractivity contribution < 1.29 is 29.2 Å². The maximum absolute atomic E-state index is 11.4. The first kappa shape index (κ1) is 25.3. The summed E-state index contributed by atoms with van der Waals surface area (Å²) in [4.78, 5) is 25.3. The molecule has 35 heavy (non-hydrogen) atoms. The number of fused-ring (bicyclic) bond motifs is 1. The molecule has 3 N–H and O–H groups in total. The Bertz CT molecular complexity index is 1180. The number of guanidine groups is 1. The molecule has 0 spiro atoms. The highest BCUT2D eigenvalue weighted by Gasteiger charge is 2.52. The molecule has 3 atom stereocenters. The third-order valence-corrected chi connectivity index (χ3v) is 5.44. The summed E-state index contributed by atoms with van der Waals surface area (Å²) in [5, 5.41) is 48.0. The van der Waals surface area contributed by atoms with Gasteiger partial charge in [0.05, 0.1) is 21.6 Å². The molecule has 2 aromatic rings. The van der Waals surface area contributed by atoms with E-state index in [2.05, 4.69) is 15.6 Å². The van der Waals surface area contributed by atoms with E-state index < -0.39 is 33.9 Å². The Morgan fingerprint density at radius 1 is 1.17 bits per heavy atom. The molecule has 0 amide bonds. The molecule has 0 fully saturated rings. The van der Waals surface area contributed by atoms with Crippen LogP contribution in [0.15, 0.2) is 47.5 Å². The fourth-order valence-corrected chi connectivity index (χ4v) is 3.77. The normalized spacial score (nSPS) is 21.4. The number of aliphatic hydroxyl groups excluding tert-OH is 1. The van der Waals surface area contributed by atoms with Gasteiger partial charge in [-0.3, -0.25) is 25.5 Å². The van der Waals surface area contributed by atoms with Crippen LogP contribution in [0.25, 0.3) is 0 Å². The van der Waals surface area contributed by atoms with Crippen LogP contribution in [0.2, 0.25) is 0 Å². The first-order valence-electron chi connectivity index (χ1n) is 10.1. The number of ether oxygens (including phenoxy) is 3. The molecule has 1 aliphatic heterocycles. The average molecular weight is 486 g/mol. The summed E-state index contributed by atoms with van der Waals surface area (Å²) < 4.78 is 16.6. The summed E-state index contributed by atoms with van der Waals surface area (Å²) in [5.41, 5.74) is -1.38. The Kier molecular flexibility index (Phi) is 7.45. The number of nitrogens with one attached hydrogen (secondary N) is 2. The van der Waals surface area contributed by atoms with Crippen molar-refractivity contribution in [1.82, 2.24) is 10.6 Å². The smallest absolute Gasteiger partial charge is 0.270 e. The van der Waals surface area contributed by atoms with Gasteiger partial charge in [0.25, 0.3) is 11.4 Å². The van der Waals surface area contributed by atoms with Crippen molar-refractivity contribution in [3.8, 4) is 11.9 Å². The van der Waals surface area contributed by atoms with Crippen LogP contribution in [0.4, 0.5) is 17.1 Å². The Hall–Kier alpha value is -4.32. The zero-order valence-corrected chi connectivity index (χ0v) is 18.9. The summed E-state index contributed by atoms with van der Waals surface area (Å²) in [5.74, 6) is 0.0881. The van der Waals surface area contributed by atoms with Crippen molar-refractivity contribution in [3.05, 3.63) is 68.3 Å². The van der Waals surface area contributed by atoms with Crippen LogP contribution in [0.1, 0.15) is 18.5 Å². The molecule has 0 saturated carbocycles. The summed E-state index contributed by atoms with van der Waals surface area (Å²) in [6, 6.07) is 8.02. The number of aliphatic hydroxyl groups is 1. The van der Waals surface area contributed by atoms with E-state index in [1.807, 2.05) is 0 Å². The number of nitro groups is 2. The second kappa shape index (κ2) is 10.3. The van der Waals surface area contributed by atoms with E-state index in [4.69, 9.17) is 14.2 Å². The molecule has 1 aliphatic rings. The van der Waals surface area contributed by atoms with Crippen molar-refractivity contribution in [2.45, 2.75) is 31.0 Å². The lowest BCUT2D eigenvalue weighted by Gasteiger charge is -2.46. The highest BCUT2D eigenvalue weighted by Crippen LogP contribution is 2.43. The fraction of sp³-hybridized carbons (Fsp3) is 0.333. The Labute approximate surface area is 199 Å². The minimum absolute atomic E-state index is 0.126. The topological polar surface area (TPSA) is 194 Å². The van der Waals surface area contributed by atoms with Crippen LogP contribution >= 0.6 is 0 Å². The third-order valence-electron chi connectivity index (χ3n) is 5.44. The van der Waals surface area contributed by atoms with Crippen molar-refractivity contribution >= 4 is 23.0 Å². The highest BCUT2D eigenvalue weighted by molar-refractivity contribution is 5.84. The van der Waals surface area contributed by atoms with Crippen LogP contribution in [0, 0.1) is 31.7 Å². The van der Waals surface area contributed by atoms with E-state index in [0.29, 0.717) is 0 Å². The number of non-ortho nitro benzene ring substituents is 2. The van der Waals surface area contributed by atoms with Crippen LogP contribution in [-0.2, 0) is 9.47 Å². The van der Waals surface area contributed by atoms with E-state index in [-0.39, 0.29) is 34.3 Å². The number of nitrogens with zero attached hydrogens (tertiary/aromatic N) is 4. The Morgan fingerprint density at radius 3 is 2.31 bits per heavy atom. The number of nitriles is 1. The van der Waals surface area contributed by atoms with E-state index in [0.717, 1.165) is 0 Å². The Morgan fingerprint density at radius 2 is 1.77 bits per heavy atom. The standard InChI is InChI=1S/C21H22N6O8/c1-21(19(33-2)34-3)18(28)17(15-10-14(27(31)32)8-9-16(15)35-21)25-20(23-11-22)24-12-4-6-13(7-5-12)26(29)30/h4-10,17-19,28H,1-3H3,(H2,23,24,25). The predicted molar refractivity (Wildman–Crippen MR) is 121 cm³/mol. The number of methoxy groups -OCH3 is 2. The van der Waals surface area contributed by atoms with Crippen LogP contribution in [0.5, 0.6) is 5.75 Å². The lowest BCUT2D eigenvalue weighted by molar-refractivity contribution is -0.385. The van der Waals surface area contributed by atoms with Crippen LogP contribution < -0.4 is 15.4 Å². The van der Waals surface area contributed by atoms with Gasteiger partial charge in [-0.25, -0.2) is 4.99 Å². The van der Waals surface area contributed by atoms with Gasteiger partial charge >= 0.3 is 0 Å². The van der Waals surface area contributed by atoms with Gasteiger partial charge in [-0.05, 0) is 25.1 Å². The van der Waals surface area contributed by atoms with Gasteiger partial charge in [0.2, 0.25) is 5.96 Å². The zero-order valence-electron chi connectivity index (χ0n) is 18.9. The minimum atomic E-state index is -1.48. The summed E-state index contributed by atoms with van der Waals surface area (Å²) in [7, 11) is 2.73. The van der Waals surface area contributed by atoms with Crippen molar-refractivity contribution in [3.63, 3.8) is 0 Å². The number of aliphatic imine (C=N–C) groups is 1. The monoisotopic (exact) mass is 486 g/mol. The number of hydrogen-bond acceptors (Lipinski definition) is 10. The molecule has 1 heterocycles. The molecule has 0 aromatic heterocycles.